The largest absolute Gasteiger partial charge is 0.508 e. The smallest absolute Gasteiger partial charge is 0.225 e. The average molecular weight is 389 g/mol. The van der Waals surface area contributed by atoms with Crippen LogP contribution in [0.25, 0.3) is 0 Å². The van der Waals surface area contributed by atoms with Crippen LogP contribution in [0.3, 0.4) is 0 Å². The molecular weight excluding hydrogens is 356 g/mol. The minimum atomic E-state index is 0.127. The van der Waals surface area contributed by atoms with Gasteiger partial charge in [-0.2, -0.15) is 0 Å². The van der Waals surface area contributed by atoms with E-state index in [2.05, 4.69) is 15.2 Å². The number of nitrogens with zero attached hydrogens (tertiary/aromatic N) is 3. The molecule has 0 atom stereocenters. The lowest BCUT2D eigenvalue weighted by Gasteiger charge is -2.36. The highest BCUT2D eigenvalue weighted by Gasteiger charge is 2.30. The molecule has 2 aliphatic rings. The van der Waals surface area contributed by atoms with Gasteiger partial charge in [0.05, 0.1) is 13.2 Å². The van der Waals surface area contributed by atoms with Crippen LogP contribution in [-0.2, 0) is 16.0 Å². The van der Waals surface area contributed by atoms with Gasteiger partial charge in [-0.1, -0.05) is 12.1 Å². The van der Waals surface area contributed by atoms with Crippen LogP contribution in [-0.4, -0.2) is 79.8 Å². The second kappa shape index (κ2) is 10.3. The molecule has 0 aliphatic carbocycles. The molecule has 1 aromatic carbocycles. The number of piperidine rings is 1. The van der Waals surface area contributed by atoms with Gasteiger partial charge in [-0.25, -0.2) is 0 Å². The number of hydrogen-bond acceptors (Lipinski definition) is 4. The van der Waals surface area contributed by atoms with Crippen LogP contribution in [0.1, 0.15) is 24.8 Å². The zero-order valence-corrected chi connectivity index (χ0v) is 16.8. The molecule has 0 aromatic heterocycles. The zero-order chi connectivity index (χ0) is 19.8. The Hall–Kier alpha value is -2.28. The number of carbonyl (C=O) groups is 1. The Morgan fingerprint density at radius 1 is 1.14 bits per heavy atom. The molecule has 0 saturated carbocycles. The third-order valence-corrected chi connectivity index (χ3v) is 5.54. The molecule has 1 amide bonds. The number of likely N-dealkylation sites (tertiary alicyclic amines) is 1. The van der Waals surface area contributed by atoms with E-state index in [1.807, 2.05) is 24.1 Å². The van der Waals surface area contributed by atoms with Gasteiger partial charge in [-0.3, -0.25) is 9.79 Å². The molecular formula is C21H32N4O3. The summed E-state index contributed by atoms with van der Waals surface area (Å²) in [6, 6.07) is 7.37. The summed E-state index contributed by atoms with van der Waals surface area (Å²) in [5.74, 6) is 1.64. The number of rotatable bonds is 5. The van der Waals surface area contributed by atoms with Gasteiger partial charge in [0.25, 0.3) is 0 Å². The first kappa shape index (κ1) is 20.5. The van der Waals surface area contributed by atoms with E-state index in [-0.39, 0.29) is 5.92 Å². The topological polar surface area (TPSA) is 77.4 Å². The van der Waals surface area contributed by atoms with Crippen molar-refractivity contribution < 1.29 is 14.6 Å². The van der Waals surface area contributed by atoms with Crippen molar-refractivity contribution in [3.8, 4) is 5.75 Å². The Labute approximate surface area is 167 Å². The van der Waals surface area contributed by atoms with Gasteiger partial charge in [-0.15, -0.1) is 0 Å². The number of morpholine rings is 1. The third kappa shape index (κ3) is 5.61. The number of nitrogens with one attached hydrogen (secondary N) is 1. The van der Waals surface area contributed by atoms with Gasteiger partial charge in [0.1, 0.15) is 5.75 Å². The number of aliphatic imine (C=N–C) groups is 1. The number of guanidine groups is 1. The fourth-order valence-electron chi connectivity index (χ4n) is 3.87. The van der Waals surface area contributed by atoms with Crippen LogP contribution in [0, 0.1) is 5.92 Å². The zero-order valence-electron chi connectivity index (χ0n) is 16.8. The van der Waals surface area contributed by atoms with Gasteiger partial charge in [0.15, 0.2) is 5.96 Å². The van der Waals surface area contributed by atoms with E-state index >= 15 is 0 Å². The molecule has 0 bridgehead atoms. The minimum Gasteiger partial charge on any atom is -0.508 e. The molecule has 1 aromatic rings. The molecule has 2 aliphatic heterocycles. The Balaban J connectivity index is 1.38. The number of hydrogen-bond donors (Lipinski definition) is 2. The normalized spacial score (nSPS) is 19.0. The van der Waals surface area contributed by atoms with Crippen LogP contribution in [0.2, 0.25) is 0 Å². The van der Waals surface area contributed by atoms with Crippen molar-refractivity contribution in [3.63, 3.8) is 0 Å². The summed E-state index contributed by atoms with van der Waals surface area (Å²) in [5.41, 5.74) is 1.22. The number of amides is 1. The molecule has 2 N–H and O–H groups in total. The molecule has 0 unspecified atom stereocenters. The summed E-state index contributed by atoms with van der Waals surface area (Å²) in [7, 11) is 1.81. The number of carbonyl (C=O) groups excluding carboxylic acids is 1. The lowest BCUT2D eigenvalue weighted by molar-refractivity contribution is -0.140. The summed E-state index contributed by atoms with van der Waals surface area (Å²) in [4.78, 5) is 21.3. The molecule has 3 rings (SSSR count). The average Bonchev–Trinajstić information content (AvgIpc) is 2.75. The quantitative estimate of drug-likeness (QED) is 0.454. The monoisotopic (exact) mass is 388 g/mol. The van der Waals surface area contributed by atoms with Gasteiger partial charge in [-0.05, 0) is 43.4 Å². The maximum Gasteiger partial charge on any atom is 0.225 e. The van der Waals surface area contributed by atoms with Gasteiger partial charge in [0.2, 0.25) is 5.91 Å². The van der Waals surface area contributed by atoms with Crippen LogP contribution < -0.4 is 5.32 Å². The van der Waals surface area contributed by atoms with Crippen molar-refractivity contribution in [2.75, 3.05) is 53.0 Å². The van der Waals surface area contributed by atoms with Crippen molar-refractivity contribution >= 4 is 11.9 Å². The van der Waals surface area contributed by atoms with E-state index in [1.54, 1.807) is 12.1 Å². The second-order valence-corrected chi connectivity index (χ2v) is 7.44. The van der Waals surface area contributed by atoms with Crippen LogP contribution >= 0.6 is 0 Å². The van der Waals surface area contributed by atoms with Crippen molar-refractivity contribution in [3.05, 3.63) is 29.8 Å². The maximum absolute atomic E-state index is 12.7. The first-order valence-corrected chi connectivity index (χ1v) is 10.3. The van der Waals surface area contributed by atoms with Crippen LogP contribution in [0.15, 0.2) is 29.3 Å². The molecule has 28 heavy (non-hydrogen) atoms. The summed E-state index contributed by atoms with van der Waals surface area (Å²) >= 11 is 0. The first-order chi connectivity index (χ1) is 13.7. The fraction of sp³-hybridized carbons (Fsp3) is 0.619. The number of aryl methyl sites for hydroxylation is 1. The van der Waals surface area contributed by atoms with E-state index < -0.39 is 0 Å². The Kier molecular flexibility index (Phi) is 7.54. The maximum atomic E-state index is 12.7. The Morgan fingerprint density at radius 2 is 1.82 bits per heavy atom. The van der Waals surface area contributed by atoms with E-state index in [1.165, 1.54) is 5.56 Å². The van der Waals surface area contributed by atoms with Crippen molar-refractivity contribution in [2.45, 2.75) is 25.7 Å². The first-order valence-electron chi connectivity index (χ1n) is 10.3. The lowest BCUT2D eigenvalue weighted by atomic mass is 9.95. The molecule has 2 fully saturated rings. The minimum absolute atomic E-state index is 0.127. The van der Waals surface area contributed by atoms with E-state index in [4.69, 9.17) is 4.74 Å². The molecule has 7 heteroatoms. The Morgan fingerprint density at radius 3 is 2.46 bits per heavy atom. The van der Waals surface area contributed by atoms with Crippen molar-refractivity contribution in [2.24, 2.45) is 10.9 Å². The molecule has 0 spiro atoms. The summed E-state index contributed by atoms with van der Waals surface area (Å²) in [6.07, 6.45) is 3.71. The van der Waals surface area contributed by atoms with E-state index in [0.29, 0.717) is 24.9 Å². The van der Waals surface area contributed by atoms with Crippen molar-refractivity contribution in [1.29, 1.82) is 0 Å². The summed E-state index contributed by atoms with van der Waals surface area (Å²) in [6.45, 7) is 5.33. The predicted octanol–water partition coefficient (Wildman–Crippen LogP) is 1.47. The number of aromatic hydroxyl groups is 1. The van der Waals surface area contributed by atoms with E-state index in [0.717, 1.165) is 64.4 Å². The van der Waals surface area contributed by atoms with E-state index in [9.17, 15) is 9.90 Å². The van der Waals surface area contributed by atoms with Crippen molar-refractivity contribution in [1.82, 2.24) is 15.1 Å². The lowest BCUT2D eigenvalue weighted by Crippen LogP contribution is -2.50. The molecule has 2 heterocycles. The second-order valence-electron chi connectivity index (χ2n) is 7.44. The van der Waals surface area contributed by atoms with Gasteiger partial charge >= 0.3 is 0 Å². The third-order valence-electron chi connectivity index (χ3n) is 5.54. The number of phenols is 1. The SMILES string of the molecule is CN=C(NCCCc1ccc(O)cc1)N1CCC(C(=O)N2CCOCC2)CC1. The standard InChI is InChI=1S/C21H32N4O3/c1-22-21(23-10-2-3-17-4-6-19(26)7-5-17)25-11-8-18(9-12-25)20(27)24-13-15-28-16-14-24/h4-7,18,26H,2-3,8-16H2,1H3,(H,22,23). The Bertz CT molecular complexity index is 648. The highest BCUT2D eigenvalue weighted by molar-refractivity contribution is 5.81. The molecule has 0 radical (unpaired) electrons. The predicted molar refractivity (Wildman–Crippen MR) is 109 cm³/mol. The van der Waals surface area contributed by atoms with Gasteiger partial charge < -0.3 is 25.0 Å². The highest BCUT2D eigenvalue weighted by Crippen LogP contribution is 2.20. The highest BCUT2D eigenvalue weighted by atomic mass is 16.5. The van der Waals surface area contributed by atoms with Crippen LogP contribution in [0.5, 0.6) is 5.75 Å². The molecule has 154 valence electrons. The molecule has 2 saturated heterocycles. The number of phenolic OH excluding ortho intramolecular Hbond substituents is 1. The number of ether oxygens (including phenoxy) is 1. The summed E-state index contributed by atoms with van der Waals surface area (Å²) < 4.78 is 5.34. The fourth-order valence-corrected chi connectivity index (χ4v) is 3.87. The number of benzene rings is 1. The summed E-state index contributed by atoms with van der Waals surface area (Å²) in [5, 5.41) is 12.8. The van der Waals surface area contributed by atoms with Gasteiger partial charge in [0, 0.05) is 45.7 Å². The molecule has 7 nitrogen and oxygen atoms in total. The van der Waals surface area contributed by atoms with Crippen LogP contribution in [0.4, 0.5) is 0 Å².